The van der Waals surface area contributed by atoms with E-state index in [-0.39, 0.29) is 42.1 Å². The maximum atomic E-state index is 13.3. The van der Waals surface area contributed by atoms with Crippen LogP contribution in [0.5, 0.6) is 0 Å². The van der Waals surface area contributed by atoms with E-state index >= 15 is 0 Å². The Bertz CT molecular complexity index is 1590. The Morgan fingerprint density at radius 3 is 2.67 bits per heavy atom. The standard InChI is InChI=1S/C29H31N5O5S/c1-16(25-11-19(15-40-25)27(30)31)33-29(37)22-9-17(14-38-2)13-34(22)26(35)12-32-28(36)18-7-8-24-21(10-18)20-5-3-4-6-23(20)39-24/h3-8,10-11,15-17,22H,9,12-14H2,1-2H3,(H3,30,31)(H,32,36)(H,33,37)/t16?,17-,22-/m0/s1. The maximum absolute atomic E-state index is 13.3. The third-order valence-electron chi connectivity index (χ3n) is 7.17. The summed E-state index contributed by atoms with van der Waals surface area (Å²) >= 11 is 1.41. The van der Waals surface area contributed by atoms with Gasteiger partial charge in [-0.05, 0) is 43.7 Å². The van der Waals surface area contributed by atoms with E-state index in [1.807, 2.05) is 31.2 Å². The molecule has 40 heavy (non-hydrogen) atoms. The molecule has 10 nitrogen and oxygen atoms in total. The first-order valence-electron chi connectivity index (χ1n) is 13.0. The van der Waals surface area contributed by atoms with Crippen LogP contribution in [0.4, 0.5) is 0 Å². The van der Waals surface area contributed by atoms with Crippen LogP contribution < -0.4 is 16.4 Å². The molecule has 4 aromatic rings. The van der Waals surface area contributed by atoms with E-state index in [1.165, 1.54) is 16.2 Å². The zero-order chi connectivity index (χ0) is 28.4. The number of fused-ring (bicyclic) bond motifs is 3. The number of carbonyl (C=O) groups excluding carboxylic acids is 3. The number of hydrogen-bond acceptors (Lipinski definition) is 7. The lowest BCUT2D eigenvalue weighted by atomic mass is 10.1. The van der Waals surface area contributed by atoms with E-state index < -0.39 is 6.04 Å². The van der Waals surface area contributed by atoms with Crippen LogP contribution in [-0.2, 0) is 14.3 Å². The summed E-state index contributed by atoms with van der Waals surface area (Å²) in [5.41, 5.74) is 8.00. The van der Waals surface area contributed by atoms with Crippen LogP contribution in [0.3, 0.4) is 0 Å². The van der Waals surface area contributed by atoms with Crippen molar-refractivity contribution in [2.24, 2.45) is 11.7 Å². The molecule has 3 atom stereocenters. The minimum absolute atomic E-state index is 0.00135. The SMILES string of the molecule is COC[C@H]1C[C@@H](C(=O)NC(C)c2cc(C(=N)N)cs2)N(C(=O)CNC(=O)c2ccc3oc4ccccc4c3c2)C1. The number of likely N-dealkylation sites (tertiary alicyclic amines) is 1. The van der Waals surface area contributed by atoms with Gasteiger partial charge in [-0.25, -0.2) is 0 Å². The lowest BCUT2D eigenvalue weighted by molar-refractivity contribution is -0.138. The highest BCUT2D eigenvalue weighted by molar-refractivity contribution is 7.10. The van der Waals surface area contributed by atoms with Crippen LogP contribution in [0.15, 0.2) is 58.3 Å². The third kappa shape index (κ3) is 5.56. The Morgan fingerprint density at radius 1 is 1.15 bits per heavy atom. The molecule has 3 heterocycles. The van der Waals surface area contributed by atoms with Gasteiger partial charge in [-0.1, -0.05) is 18.2 Å². The minimum atomic E-state index is -0.687. The second-order valence-corrected chi connectivity index (χ2v) is 10.9. The highest BCUT2D eigenvalue weighted by Crippen LogP contribution is 2.29. The van der Waals surface area contributed by atoms with E-state index in [4.69, 9.17) is 20.3 Å². The molecule has 1 fully saturated rings. The summed E-state index contributed by atoms with van der Waals surface area (Å²) in [4.78, 5) is 41.9. The summed E-state index contributed by atoms with van der Waals surface area (Å²) in [6, 6.07) is 13.5. The Hall–Kier alpha value is -4.22. The number of benzene rings is 2. The van der Waals surface area contributed by atoms with Gasteiger partial charge in [0.15, 0.2) is 0 Å². The van der Waals surface area contributed by atoms with Gasteiger partial charge < -0.3 is 30.4 Å². The zero-order valence-electron chi connectivity index (χ0n) is 22.2. The molecule has 3 amide bonds. The van der Waals surface area contributed by atoms with E-state index in [0.717, 1.165) is 21.2 Å². The molecule has 0 spiro atoms. The van der Waals surface area contributed by atoms with Gasteiger partial charge in [0.05, 0.1) is 19.2 Å². The first kappa shape index (κ1) is 27.4. The Morgan fingerprint density at radius 2 is 1.93 bits per heavy atom. The molecule has 1 aliphatic heterocycles. The highest BCUT2D eigenvalue weighted by atomic mass is 32.1. The van der Waals surface area contributed by atoms with Gasteiger partial charge in [0.25, 0.3) is 5.91 Å². The number of amides is 3. The largest absolute Gasteiger partial charge is 0.456 e. The van der Waals surface area contributed by atoms with Crippen LogP contribution in [0.2, 0.25) is 0 Å². The van der Waals surface area contributed by atoms with Crippen molar-refractivity contribution >= 4 is 56.8 Å². The third-order valence-corrected chi connectivity index (χ3v) is 8.28. The molecule has 1 unspecified atom stereocenters. The number of methoxy groups -OCH3 is 1. The predicted molar refractivity (Wildman–Crippen MR) is 153 cm³/mol. The van der Waals surface area contributed by atoms with Gasteiger partial charge in [-0.2, -0.15) is 0 Å². The smallest absolute Gasteiger partial charge is 0.251 e. The van der Waals surface area contributed by atoms with Crippen LogP contribution in [0, 0.1) is 11.3 Å². The number of nitrogens with one attached hydrogen (secondary N) is 3. The number of amidine groups is 1. The minimum Gasteiger partial charge on any atom is -0.456 e. The molecule has 0 bridgehead atoms. The molecule has 5 rings (SSSR count). The van der Waals surface area contributed by atoms with Crippen molar-refractivity contribution in [3.63, 3.8) is 0 Å². The monoisotopic (exact) mass is 561 g/mol. The fraction of sp³-hybridized carbons (Fsp3) is 0.310. The van der Waals surface area contributed by atoms with Crippen LogP contribution in [0.1, 0.15) is 40.2 Å². The van der Waals surface area contributed by atoms with Crippen molar-refractivity contribution in [1.82, 2.24) is 15.5 Å². The highest BCUT2D eigenvalue weighted by Gasteiger charge is 2.40. The Labute approximate surface area is 235 Å². The van der Waals surface area contributed by atoms with Gasteiger partial charge >= 0.3 is 0 Å². The molecule has 208 valence electrons. The van der Waals surface area contributed by atoms with E-state index in [9.17, 15) is 14.4 Å². The maximum Gasteiger partial charge on any atom is 0.251 e. The number of ether oxygens (including phenoxy) is 1. The van der Waals surface area contributed by atoms with Crippen molar-refractivity contribution in [2.45, 2.75) is 25.4 Å². The summed E-state index contributed by atoms with van der Waals surface area (Å²) in [5, 5.41) is 16.8. The zero-order valence-corrected chi connectivity index (χ0v) is 23.0. The summed E-state index contributed by atoms with van der Waals surface area (Å²) in [6.45, 7) is 2.38. The lowest BCUT2D eigenvalue weighted by Gasteiger charge is -2.25. The number of para-hydroxylation sites is 1. The van der Waals surface area contributed by atoms with Gasteiger partial charge in [-0.3, -0.25) is 19.8 Å². The number of nitrogen functional groups attached to an aromatic ring is 1. The first-order valence-corrected chi connectivity index (χ1v) is 13.8. The summed E-state index contributed by atoms with van der Waals surface area (Å²) in [5.74, 6) is -1.04. The molecule has 0 saturated carbocycles. The molecule has 2 aromatic heterocycles. The number of furan rings is 1. The molecule has 1 aliphatic rings. The molecule has 0 radical (unpaired) electrons. The molecule has 0 aliphatic carbocycles. The normalized spacial score (nSPS) is 17.7. The van der Waals surface area contributed by atoms with Gasteiger partial charge in [0.1, 0.15) is 23.0 Å². The van der Waals surface area contributed by atoms with Crippen LogP contribution in [0.25, 0.3) is 21.9 Å². The number of hydrogen-bond donors (Lipinski definition) is 4. The Kier molecular flexibility index (Phi) is 7.85. The molecular formula is C29H31N5O5S. The molecule has 5 N–H and O–H groups in total. The average molecular weight is 562 g/mol. The lowest BCUT2D eigenvalue weighted by Crippen LogP contribution is -2.49. The molecular weight excluding hydrogens is 530 g/mol. The summed E-state index contributed by atoms with van der Waals surface area (Å²) in [7, 11) is 1.59. The Balaban J connectivity index is 1.25. The second kappa shape index (κ2) is 11.5. The molecule has 2 aromatic carbocycles. The predicted octanol–water partition coefficient (Wildman–Crippen LogP) is 3.40. The number of rotatable bonds is 9. The van der Waals surface area contributed by atoms with Crippen molar-refractivity contribution in [2.75, 3.05) is 26.8 Å². The quantitative estimate of drug-likeness (QED) is 0.182. The second-order valence-electron chi connectivity index (χ2n) is 9.99. The number of thiophene rings is 1. The number of nitrogens with zero attached hydrogens (tertiary/aromatic N) is 1. The van der Waals surface area contributed by atoms with E-state index in [1.54, 1.807) is 36.8 Å². The summed E-state index contributed by atoms with van der Waals surface area (Å²) in [6.07, 6.45) is 0.458. The fourth-order valence-corrected chi connectivity index (χ4v) is 6.05. The van der Waals surface area contributed by atoms with Crippen LogP contribution in [-0.4, -0.2) is 61.3 Å². The summed E-state index contributed by atoms with van der Waals surface area (Å²) < 4.78 is 11.1. The van der Waals surface area contributed by atoms with Crippen molar-refractivity contribution in [3.05, 3.63) is 69.9 Å². The van der Waals surface area contributed by atoms with Gasteiger partial charge in [0.2, 0.25) is 11.8 Å². The number of carbonyl (C=O) groups is 3. The van der Waals surface area contributed by atoms with Gasteiger partial charge in [-0.15, -0.1) is 11.3 Å². The van der Waals surface area contributed by atoms with Crippen LogP contribution >= 0.6 is 11.3 Å². The van der Waals surface area contributed by atoms with Crippen molar-refractivity contribution in [1.29, 1.82) is 5.41 Å². The van der Waals surface area contributed by atoms with E-state index in [2.05, 4.69) is 10.6 Å². The molecule has 11 heteroatoms. The van der Waals surface area contributed by atoms with Gasteiger partial charge in [0, 0.05) is 51.7 Å². The van der Waals surface area contributed by atoms with E-state index in [0.29, 0.717) is 36.3 Å². The molecule has 1 saturated heterocycles. The number of nitrogens with two attached hydrogens (primary N) is 1. The van der Waals surface area contributed by atoms with Crippen molar-refractivity contribution in [3.8, 4) is 0 Å². The fourth-order valence-electron chi connectivity index (χ4n) is 5.13. The first-order chi connectivity index (χ1) is 19.2. The van der Waals surface area contributed by atoms with Crippen molar-refractivity contribution < 1.29 is 23.5 Å². The topological polar surface area (TPSA) is 151 Å². The average Bonchev–Trinajstić information content (AvgIpc) is 3.68.